The van der Waals surface area contributed by atoms with Crippen molar-refractivity contribution in [3.05, 3.63) is 24.2 Å². The molecule has 0 aliphatic heterocycles. The van der Waals surface area contributed by atoms with Crippen LogP contribution in [0, 0.1) is 11.3 Å². The number of rotatable bonds is 2. The van der Waals surface area contributed by atoms with Crippen molar-refractivity contribution < 1.29 is 9.21 Å². The number of Topliss-reactive ketones (excluding diaryl/α,β-unsaturated/α-hetero) is 1. The van der Waals surface area contributed by atoms with Gasteiger partial charge in [-0.1, -0.05) is 13.8 Å². The van der Waals surface area contributed by atoms with Crippen LogP contribution < -0.4 is 0 Å². The van der Waals surface area contributed by atoms with Crippen LogP contribution in [-0.2, 0) is 0 Å². The molecule has 1 aromatic rings. The second-order valence-corrected chi connectivity index (χ2v) is 5.31. The third kappa shape index (κ3) is 2.31. The fourth-order valence-corrected chi connectivity index (χ4v) is 2.30. The van der Waals surface area contributed by atoms with Gasteiger partial charge in [0.2, 0.25) is 0 Å². The molecule has 1 aliphatic rings. The molecule has 2 rings (SSSR count). The van der Waals surface area contributed by atoms with Gasteiger partial charge in [0.25, 0.3) is 0 Å². The molecule has 0 radical (unpaired) electrons. The summed E-state index contributed by atoms with van der Waals surface area (Å²) in [5.74, 6) is 0.481. The zero-order valence-corrected chi connectivity index (χ0v) is 9.45. The molecule has 1 aliphatic carbocycles. The molecule has 0 unspecified atom stereocenters. The molecule has 82 valence electrons. The van der Waals surface area contributed by atoms with Crippen molar-refractivity contribution in [3.8, 4) is 0 Å². The third-order valence-electron chi connectivity index (χ3n) is 3.52. The summed E-state index contributed by atoms with van der Waals surface area (Å²) >= 11 is 0. The fraction of sp³-hybridized carbons (Fsp3) is 0.615. The van der Waals surface area contributed by atoms with Gasteiger partial charge in [0.15, 0.2) is 5.78 Å². The summed E-state index contributed by atoms with van der Waals surface area (Å²) in [6, 6.07) is 1.77. The standard InChI is InChI=1S/C13H18O2/c1-13(2)6-3-10(4-7-13)12(14)11-5-8-15-9-11/h5,8-10H,3-4,6-7H2,1-2H3. The zero-order chi connectivity index (χ0) is 10.9. The molecule has 1 heterocycles. The number of carbonyl (C=O) groups excluding carboxylic acids is 1. The van der Waals surface area contributed by atoms with Crippen LogP contribution in [-0.4, -0.2) is 5.78 Å². The van der Waals surface area contributed by atoms with Crippen LogP contribution >= 0.6 is 0 Å². The lowest BCUT2D eigenvalue weighted by molar-refractivity contribution is 0.0837. The normalized spacial score (nSPS) is 21.5. The van der Waals surface area contributed by atoms with E-state index >= 15 is 0 Å². The first-order valence-corrected chi connectivity index (χ1v) is 5.65. The van der Waals surface area contributed by atoms with Gasteiger partial charge in [-0.3, -0.25) is 4.79 Å². The first kappa shape index (κ1) is 10.5. The molecule has 0 aromatic carbocycles. The number of carbonyl (C=O) groups is 1. The Hall–Kier alpha value is -1.05. The summed E-state index contributed by atoms with van der Waals surface area (Å²) in [4.78, 5) is 12.0. The van der Waals surface area contributed by atoms with Crippen LogP contribution in [0.2, 0.25) is 0 Å². The highest BCUT2D eigenvalue weighted by Crippen LogP contribution is 2.39. The Morgan fingerprint density at radius 1 is 1.40 bits per heavy atom. The van der Waals surface area contributed by atoms with Crippen LogP contribution in [0.3, 0.4) is 0 Å². The summed E-state index contributed by atoms with van der Waals surface area (Å²) in [6.45, 7) is 4.57. The highest BCUT2D eigenvalue weighted by molar-refractivity contribution is 5.97. The van der Waals surface area contributed by atoms with Crippen molar-refractivity contribution in [1.82, 2.24) is 0 Å². The molecule has 0 N–H and O–H groups in total. The minimum absolute atomic E-state index is 0.218. The topological polar surface area (TPSA) is 30.2 Å². The highest BCUT2D eigenvalue weighted by atomic mass is 16.3. The Morgan fingerprint density at radius 3 is 2.60 bits per heavy atom. The summed E-state index contributed by atoms with van der Waals surface area (Å²) < 4.78 is 4.95. The number of hydrogen-bond donors (Lipinski definition) is 0. The van der Waals surface area contributed by atoms with Gasteiger partial charge in [0, 0.05) is 5.92 Å². The highest BCUT2D eigenvalue weighted by Gasteiger charge is 2.31. The minimum Gasteiger partial charge on any atom is -0.472 e. The van der Waals surface area contributed by atoms with Gasteiger partial charge >= 0.3 is 0 Å². The van der Waals surface area contributed by atoms with Crippen molar-refractivity contribution >= 4 is 5.78 Å². The van der Waals surface area contributed by atoms with E-state index in [1.165, 1.54) is 0 Å². The smallest absolute Gasteiger partial charge is 0.169 e. The molecule has 2 nitrogen and oxygen atoms in total. The van der Waals surface area contributed by atoms with E-state index in [4.69, 9.17) is 4.42 Å². The lowest BCUT2D eigenvalue weighted by Crippen LogP contribution is -2.26. The quantitative estimate of drug-likeness (QED) is 0.691. The van der Waals surface area contributed by atoms with Crippen molar-refractivity contribution in [3.63, 3.8) is 0 Å². The zero-order valence-electron chi connectivity index (χ0n) is 9.45. The lowest BCUT2D eigenvalue weighted by Gasteiger charge is -2.33. The molecular weight excluding hydrogens is 188 g/mol. The molecule has 1 aromatic heterocycles. The maximum Gasteiger partial charge on any atom is 0.169 e. The van der Waals surface area contributed by atoms with Crippen molar-refractivity contribution in [2.24, 2.45) is 11.3 Å². The third-order valence-corrected chi connectivity index (χ3v) is 3.52. The van der Waals surface area contributed by atoms with Crippen LogP contribution in [0.15, 0.2) is 23.0 Å². The first-order valence-electron chi connectivity index (χ1n) is 5.65. The molecule has 0 saturated heterocycles. The average molecular weight is 206 g/mol. The van der Waals surface area contributed by atoms with E-state index in [0.29, 0.717) is 5.41 Å². The van der Waals surface area contributed by atoms with Gasteiger partial charge in [-0.05, 0) is 37.2 Å². The van der Waals surface area contributed by atoms with E-state index in [-0.39, 0.29) is 11.7 Å². The van der Waals surface area contributed by atoms with Crippen LogP contribution in [0.25, 0.3) is 0 Å². The lowest BCUT2D eigenvalue weighted by atomic mass is 9.71. The van der Waals surface area contributed by atoms with Gasteiger partial charge in [0.1, 0.15) is 6.26 Å². The van der Waals surface area contributed by atoms with Gasteiger partial charge in [-0.25, -0.2) is 0 Å². The van der Waals surface area contributed by atoms with E-state index in [1.54, 1.807) is 18.6 Å². The molecular formula is C13H18O2. The van der Waals surface area contributed by atoms with Crippen LogP contribution in [0.4, 0.5) is 0 Å². The van der Waals surface area contributed by atoms with Crippen LogP contribution in [0.1, 0.15) is 49.9 Å². The van der Waals surface area contributed by atoms with E-state index in [1.807, 2.05) is 0 Å². The molecule has 1 fully saturated rings. The Bertz CT molecular complexity index is 325. The van der Waals surface area contributed by atoms with Gasteiger partial charge in [0.05, 0.1) is 11.8 Å². The van der Waals surface area contributed by atoms with E-state index < -0.39 is 0 Å². The molecule has 0 atom stereocenters. The SMILES string of the molecule is CC1(C)CCC(C(=O)c2ccoc2)CC1. The van der Waals surface area contributed by atoms with E-state index in [0.717, 1.165) is 31.2 Å². The summed E-state index contributed by atoms with van der Waals surface area (Å²) in [5, 5.41) is 0. The number of ketones is 1. The minimum atomic E-state index is 0.218. The van der Waals surface area contributed by atoms with E-state index in [9.17, 15) is 4.79 Å². The Kier molecular flexibility index (Phi) is 2.68. The first-order chi connectivity index (χ1) is 7.08. The molecule has 0 amide bonds. The van der Waals surface area contributed by atoms with E-state index in [2.05, 4.69) is 13.8 Å². The Morgan fingerprint density at radius 2 is 2.07 bits per heavy atom. The molecule has 0 spiro atoms. The average Bonchev–Trinajstić information content (AvgIpc) is 2.69. The molecule has 1 saturated carbocycles. The monoisotopic (exact) mass is 206 g/mol. The molecule has 2 heteroatoms. The Labute approximate surface area is 90.7 Å². The Balaban J connectivity index is 2.00. The second-order valence-electron chi connectivity index (χ2n) is 5.31. The van der Waals surface area contributed by atoms with Crippen LogP contribution in [0.5, 0.6) is 0 Å². The van der Waals surface area contributed by atoms with Gasteiger partial charge in [-0.15, -0.1) is 0 Å². The predicted octanol–water partition coefficient (Wildman–Crippen LogP) is 3.68. The fourth-order valence-electron chi connectivity index (χ4n) is 2.30. The van der Waals surface area contributed by atoms with Crippen molar-refractivity contribution in [2.45, 2.75) is 39.5 Å². The molecule has 15 heavy (non-hydrogen) atoms. The summed E-state index contributed by atoms with van der Waals surface area (Å²) in [6.07, 6.45) is 7.48. The number of hydrogen-bond acceptors (Lipinski definition) is 2. The summed E-state index contributed by atoms with van der Waals surface area (Å²) in [5.41, 5.74) is 1.16. The largest absolute Gasteiger partial charge is 0.472 e. The second kappa shape index (κ2) is 3.84. The molecule has 0 bridgehead atoms. The predicted molar refractivity (Wildman–Crippen MR) is 58.8 cm³/mol. The van der Waals surface area contributed by atoms with Gasteiger partial charge < -0.3 is 4.42 Å². The van der Waals surface area contributed by atoms with Crippen molar-refractivity contribution in [1.29, 1.82) is 0 Å². The number of furan rings is 1. The maximum atomic E-state index is 12.0. The maximum absolute atomic E-state index is 12.0. The van der Waals surface area contributed by atoms with Crippen molar-refractivity contribution in [2.75, 3.05) is 0 Å². The van der Waals surface area contributed by atoms with Gasteiger partial charge in [-0.2, -0.15) is 0 Å². The summed E-state index contributed by atoms with van der Waals surface area (Å²) in [7, 11) is 0.